The molecule has 0 amide bonds. The molecule has 0 saturated carbocycles. The molecular weight excluding hydrogens is 560 g/mol. The van der Waals surface area contributed by atoms with E-state index in [0.29, 0.717) is 5.89 Å². The summed E-state index contributed by atoms with van der Waals surface area (Å²) in [6, 6.07) is 59.8. The average molecular weight is 589 g/mol. The maximum Gasteiger partial charge on any atom is 0.227 e. The molecule has 0 aliphatic carbocycles. The van der Waals surface area contributed by atoms with Crippen LogP contribution in [-0.4, -0.2) is 4.98 Å². The van der Waals surface area contributed by atoms with Gasteiger partial charge in [-0.1, -0.05) is 121 Å². The summed E-state index contributed by atoms with van der Waals surface area (Å²) in [5, 5.41) is 7.52. The molecule has 216 valence electrons. The number of fused-ring (bicyclic) bond motifs is 6. The summed E-state index contributed by atoms with van der Waals surface area (Å²) < 4.78 is 6.34. The van der Waals surface area contributed by atoms with E-state index in [1.54, 1.807) is 0 Å². The van der Waals surface area contributed by atoms with Crippen molar-refractivity contribution in [3.8, 4) is 22.6 Å². The van der Waals surface area contributed by atoms with Crippen molar-refractivity contribution in [1.29, 1.82) is 0 Å². The Morgan fingerprint density at radius 1 is 0.413 bits per heavy atom. The smallest absolute Gasteiger partial charge is 0.227 e. The van der Waals surface area contributed by atoms with Crippen molar-refractivity contribution in [2.45, 2.75) is 0 Å². The molecule has 0 fully saturated rings. The highest BCUT2D eigenvalue weighted by atomic mass is 16.3. The van der Waals surface area contributed by atoms with Crippen molar-refractivity contribution >= 4 is 60.5 Å². The second-order valence-corrected chi connectivity index (χ2v) is 11.6. The maximum atomic E-state index is 6.34. The van der Waals surface area contributed by atoms with Gasteiger partial charge in [-0.2, -0.15) is 0 Å². The molecule has 0 N–H and O–H groups in total. The van der Waals surface area contributed by atoms with E-state index in [9.17, 15) is 0 Å². The van der Waals surface area contributed by atoms with Gasteiger partial charge in [-0.05, 0) is 81.0 Å². The summed E-state index contributed by atoms with van der Waals surface area (Å²) in [6.07, 6.45) is 0. The summed E-state index contributed by atoms with van der Waals surface area (Å²) in [5.41, 5.74) is 8.03. The first-order chi connectivity index (χ1) is 22.8. The van der Waals surface area contributed by atoms with Gasteiger partial charge < -0.3 is 9.32 Å². The van der Waals surface area contributed by atoms with Gasteiger partial charge in [0.25, 0.3) is 0 Å². The molecule has 8 aromatic carbocycles. The minimum Gasteiger partial charge on any atom is -0.435 e. The van der Waals surface area contributed by atoms with Crippen LogP contribution < -0.4 is 4.90 Å². The minimum atomic E-state index is 0.631. The van der Waals surface area contributed by atoms with Gasteiger partial charge in [0.2, 0.25) is 5.89 Å². The van der Waals surface area contributed by atoms with Crippen LogP contribution in [0.1, 0.15) is 0 Å². The molecule has 9 rings (SSSR count). The number of benzene rings is 8. The van der Waals surface area contributed by atoms with E-state index in [1.807, 2.05) is 42.5 Å². The number of oxazole rings is 1. The van der Waals surface area contributed by atoms with Gasteiger partial charge in [-0.15, -0.1) is 0 Å². The van der Waals surface area contributed by atoms with E-state index in [1.165, 1.54) is 32.3 Å². The van der Waals surface area contributed by atoms with E-state index in [4.69, 9.17) is 9.40 Å². The van der Waals surface area contributed by atoms with E-state index in [-0.39, 0.29) is 0 Å². The van der Waals surface area contributed by atoms with Gasteiger partial charge in [0, 0.05) is 27.9 Å². The first-order valence-electron chi connectivity index (χ1n) is 15.6. The summed E-state index contributed by atoms with van der Waals surface area (Å²) in [4.78, 5) is 7.14. The molecule has 3 heteroatoms. The van der Waals surface area contributed by atoms with Crippen LogP contribution in [0.3, 0.4) is 0 Å². The summed E-state index contributed by atoms with van der Waals surface area (Å²) in [6.45, 7) is 0. The van der Waals surface area contributed by atoms with Gasteiger partial charge in [-0.3, -0.25) is 0 Å². The molecule has 0 saturated heterocycles. The number of hydrogen-bond donors (Lipinski definition) is 0. The zero-order chi connectivity index (χ0) is 30.5. The number of para-hydroxylation sites is 2. The molecule has 0 radical (unpaired) electrons. The van der Waals surface area contributed by atoms with Crippen molar-refractivity contribution in [1.82, 2.24) is 4.98 Å². The minimum absolute atomic E-state index is 0.631. The van der Waals surface area contributed by atoms with Gasteiger partial charge in [0.1, 0.15) is 5.52 Å². The Morgan fingerprint density at radius 3 is 1.89 bits per heavy atom. The summed E-state index contributed by atoms with van der Waals surface area (Å²) >= 11 is 0. The fraction of sp³-hybridized carbons (Fsp3) is 0. The van der Waals surface area contributed by atoms with E-state index < -0.39 is 0 Å². The molecule has 0 spiro atoms. The topological polar surface area (TPSA) is 29.3 Å². The molecule has 9 aromatic rings. The summed E-state index contributed by atoms with van der Waals surface area (Å²) in [5.74, 6) is 0.631. The van der Waals surface area contributed by atoms with Crippen molar-refractivity contribution in [2.75, 3.05) is 4.90 Å². The van der Waals surface area contributed by atoms with Gasteiger partial charge in [0.05, 0.1) is 5.69 Å². The van der Waals surface area contributed by atoms with Crippen LogP contribution in [-0.2, 0) is 0 Å². The largest absolute Gasteiger partial charge is 0.435 e. The lowest BCUT2D eigenvalue weighted by atomic mass is 9.96. The van der Waals surface area contributed by atoms with Crippen LogP contribution in [0.5, 0.6) is 0 Å². The molecular formula is C43H28N2O. The van der Waals surface area contributed by atoms with Crippen molar-refractivity contribution in [3.05, 3.63) is 170 Å². The molecule has 0 aliphatic heterocycles. The number of rotatable bonds is 5. The highest BCUT2D eigenvalue weighted by molar-refractivity contribution is 6.19. The Bertz CT molecular complexity index is 2520. The highest BCUT2D eigenvalue weighted by Gasteiger charge is 2.18. The number of nitrogens with zero attached hydrogens (tertiary/aromatic N) is 2. The van der Waals surface area contributed by atoms with Crippen LogP contribution in [0, 0.1) is 0 Å². The molecule has 3 nitrogen and oxygen atoms in total. The first kappa shape index (κ1) is 26.2. The van der Waals surface area contributed by atoms with E-state index >= 15 is 0 Å². The molecule has 1 aromatic heterocycles. The monoisotopic (exact) mass is 588 g/mol. The normalized spacial score (nSPS) is 11.5. The van der Waals surface area contributed by atoms with Crippen molar-refractivity contribution in [2.24, 2.45) is 0 Å². The molecule has 0 aliphatic rings. The van der Waals surface area contributed by atoms with E-state index in [0.717, 1.165) is 44.9 Å². The fourth-order valence-electron chi connectivity index (χ4n) is 6.71. The lowest BCUT2D eigenvalue weighted by molar-refractivity contribution is 0.621. The third-order valence-electron chi connectivity index (χ3n) is 8.89. The number of aromatic nitrogens is 1. The Kier molecular flexibility index (Phi) is 6.14. The van der Waals surface area contributed by atoms with E-state index in [2.05, 4.69) is 132 Å². The SMILES string of the molecule is c1ccc(-c2nc3cccc(-c4ccc(N(c5ccccc5)c5cccc6c5ccc5c7ccccc7ccc65)cc4)c3o2)cc1. The fourth-order valence-corrected chi connectivity index (χ4v) is 6.71. The van der Waals surface area contributed by atoms with Crippen LogP contribution >= 0.6 is 0 Å². The zero-order valence-corrected chi connectivity index (χ0v) is 25.0. The Labute approximate surface area is 266 Å². The second-order valence-electron chi connectivity index (χ2n) is 11.6. The standard InChI is InChI=1S/C43H28N2O/c1-3-12-31(13-4-1)43-44-40-19-9-17-35(42(40)46-43)30-21-24-33(25-22-30)45(32-14-5-2-6-15-32)41-20-10-18-36-38-26-23-29-11-7-8-16-34(29)37(38)27-28-39(36)41/h1-28H. The lowest BCUT2D eigenvalue weighted by Gasteiger charge is -2.27. The first-order valence-corrected chi connectivity index (χ1v) is 15.6. The molecule has 46 heavy (non-hydrogen) atoms. The summed E-state index contributed by atoms with van der Waals surface area (Å²) in [7, 11) is 0. The Morgan fingerprint density at radius 2 is 1.04 bits per heavy atom. The molecule has 0 bridgehead atoms. The van der Waals surface area contributed by atoms with Gasteiger partial charge in [0.15, 0.2) is 5.58 Å². The lowest BCUT2D eigenvalue weighted by Crippen LogP contribution is -2.10. The van der Waals surface area contributed by atoms with Crippen LogP contribution in [0.15, 0.2) is 174 Å². The van der Waals surface area contributed by atoms with Gasteiger partial charge >= 0.3 is 0 Å². The number of hydrogen-bond acceptors (Lipinski definition) is 3. The molecule has 0 atom stereocenters. The zero-order valence-electron chi connectivity index (χ0n) is 25.0. The molecule has 0 unspecified atom stereocenters. The van der Waals surface area contributed by atoms with Crippen LogP contribution in [0.4, 0.5) is 17.1 Å². The second kappa shape index (κ2) is 10.8. The van der Waals surface area contributed by atoms with Crippen molar-refractivity contribution in [3.63, 3.8) is 0 Å². The quantitative estimate of drug-likeness (QED) is 0.187. The molecule has 1 heterocycles. The van der Waals surface area contributed by atoms with Crippen LogP contribution in [0.2, 0.25) is 0 Å². The van der Waals surface area contributed by atoms with Gasteiger partial charge in [-0.25, -0.2) is 4.98 Å². The third kappa shape index (κ3) is 4.33. The third-order valence-corrected chi connectivity index (χ3v) is 8.89. The average Bonchev–Trinajstić information content (AvgIpc) is 3.58. The Balaban J connectivity index is 1.17. The highest BCUT2D eigenvalue weighted by Crippen LogP contribution is 2.42. The van der Waals surface area contributed by atoms with Crippen molar-refractivity contribution < 1.29 is 4.42 Å². The number of anilines is 3. The predicted molar refractivity (Wildman–Crippen MR) is 192 cm³/mol. The van der Waals surface area contributed by atoms with Crippen LogP contribution in [0.25, 0.3) is 66.0 Å². The Hall–Kier alpha value is -6.19. The maximum absolute atomic E-state index is 6.34. The predicted octanol–water partition coefficient (Wildman–Crippen LogP) is 12.1.